The summed E-state index contributed by atoms with van der Waals surface area (Å²) < 4.78 is 7.26. The fraction of sp³-hybridized carbons (Fsp3) is 0.471. The van der Waals surface area contributed by atoms with E-state index in [0.717, 1.165) is 18.8 Å². The van der Waals surface area contributed by atoms with Crippen molar-refractivity contribution >= 4 is 0 Å². The van der Waals surface area contributed by atoms with Gasteiger partial charge < -0.3 is 10.1 Å². The first kappa shape index (κ1) is 14.1. The lowest BCUT2D eigenvalue weighted by Gasteiger charge is -2.26. The zero-order valence-corrected chi connectivity index (χ0v) is 12.8. The monoisotopic (exact) mass is 285 g/mol. The highest BCUT2D eigenvalue weighted by Gasteiger charge is 2.20. The molecule has 0 radical (unpaired) electrons. The molecule has 1 aliphatic rings. The lowest BCUT2D eigenvalue weighted by molar-refractivity contribution is 0.412. The first-order chi connectivity index (χ1) is 10.3. The summed E-state index contributed by atoms with van der Waals surface area (Å²) in [6.07, 6.45) is 5.54. The summed E-state index contributed by atoms with van der Waals surface area (Å²) in [4.78, 5) is 0. The molecular formula is C17H23N3O. The quantitative estimate of drug-likeness (QED) is 0.918. The molecule has 4 nitrogen and oxygen atoms in total. The van der Waals surface area contributed by atoms with Crippen molar-refractivity contribution < 1.29 is 4.74 Å². The zero-order chi connectivity index (χ0) is 14.7. The van der Waals surface area contributed by atoms with Gasteiger partial charge >= 0.3 is 0 Å². The van der Waals surface area contributed by atoms with Gasteiger partial charge in [0.25, 0.3) is 0 Å². The number of aryl methyl sites for hydroxylation is 2. The van der Waals surface area contributed by atoms with Gasteiger partial charge in [-0.15, -0.1) is 0 Å². The Morgan fingerprint density at radius 2 is 2.29 bits per heavy atom. The van der Waals surface area contributed by atoms with Gasteiger partial charge in [0.1, 0.15) is 5.75 Å². The van der Waals surface area contributed by atoms with E-state index in [1.165, 1.54) is 36.1 Å². The van der Waals surface area contributed by atoms with Crippen LogP contribution in [0.3, 0.4) is 0 Å². The number of fused-ring (bicyclic) bond motifs is 1. The van der Waals surface area contributed by atoms with Crippen LogP contribution >= 0.6 is 0 Å². The Bertz CT molecular complexity index is 606. The van der Waals surface area contributed by atoms with Gasteiger partial charge in [0.15, 0.2) is 0 Å². The molecule has 1 atom stereocenters. The molecule has 0 aliphatic heterocycles. The van der Waals surface area contributed by atoms with Crippen LogP contribution in [-0.2, 0) is 20.0 Å². The van der Waals surface area contributed by atoms with Crippen LogP contribution < -0.4 is 10.1 Å². The van der Waals surface area contributed by atoms with Crippen molar-refractivity contribution in [1.82, 2.24) is 15.1 Å². The Balaban J connectivity index is 1.64. The van der Waals surface area contributed by atoms with E-state index in [4.69, 9.17) is 4.74 Å². The lowest BCUT2D eigenvalue weighted by Crippen LogP contribution is -2.25. The largest absolute Gasteiger partial charge is 0.497 e. The Kier molecular flexibility index (Phi) is 4.25. The SMILES string of the molecule is COc1ccc2c(c1)CCCC2CNCc1ccnn1C. The molecule has 3 rings (SSSR count). The molecule has 4 heteroatoms. The number of hydrogen-bond acceptors (Lipinski definition) is 3. The second kappa shape index (κ2) is 6.31. The van der Waals surface area contributed by atoms with Crippen molar-refractivity contribution in [2.75, 3.05) is 13.7 Å². The van der Waals surface area contributed by atoms with Crippen molar-refractivity contribution in [1.29, 1.82) is 0 Å². The smallest absolute Gasteiger partial charge is 0.119 e. The highest BCUT2D eigenvalue weighted by Crippen LogP contribution is 2.33. The number of aromatic nitrogens is 2. The third-order valence-electron chi connectivity index (χ3n) is 4.41. The topological polar surface area (TPSA) is 39.1 Å². The predicted molar refractivity (Wildman–Crippen MR) is 83.6 cm³/mol. The van der Waals surface area contributed by atoms with Crippen LogP contribution in [0, 0.1) is 0 Å². The number of ether oxygens (including phenoxy) is 1. The molecule has 1 heterocycles. The van der Waals surface area contributed by atoms with Crippen molar-refractivity contribution in [2.24, 2.45) is 7.05 Å². The van der Waals surface area contributed by atoms with E-state index in [0.29, 0.717) is 5.92 Å². The summed E-state index contributed by atoms with van der Waals surface area (Å²) in [6, 6.07) is 8.58. The molecule has 1 N–H and O–H groups in total. The molecule has 0 spiro atoms. The Morgan fingerprint density at radius 3 is 3.05 bits per heavy atom. The van der Waals surface area contributed by atoms with Crippen LogP contribution in [0.25, 0.3) is 0 Å². The van der Waals surface area contributed by atoms with E-state index >= 15 is 0 Å². The fourth-order valence-electron chi connectivity index (χ4n) is 3.18. The molecule has 1 aliphatic carbocycles. The molecular weight excluding hydrogens is 262 g/mol. The van der Waals surface area contributed by atoms with Crippen molar-refractivity contribution in [2.45, 2.75) is 31.7 Å². The molecule has 0 saturated heterocycles. The first-order valence-corrected chi connectivity index (χ1v) is 7.62. The van der Waals surface area contributed by atoms with Gasteiger partial charge in [-0.2, -0.15) is 5.10 Å². The number of hydrogen-bond donors (Lipinski definition) is 1. The summed E-state index contributed by atoms with van der Waals surface area (Å²) in [5, 5.41) is 7.78. The van der Waals surface area contributed by atoms with E-state index in [1.54, 1.807) is 7.11 Å². The maximum Gasteiger partial charge on any atom is 0.119 e. The van der Waals surface area contributed by atoms with Crippen LogP contribution in [0.2, 0.25) is 0 Å². The highest BCUT2D eigenvalue weighted by atomic mass is 16.5. The van der Waals surface area contributed by atoms with E-state index in [1.807, 2.05) is 17.9 Å². The number of nitrogens with one attached hydrogen (secondary N) is 1. The number of rotatable bonds is 5. The first-order valence-electron chi connectivity index (χ1n) is 7.62. The van der Waals surface area contributed by atoms with Crippen molar-refractivity contribution in [3.63, 3.8) is 0 Å². The number of benzene rings is 1. The van der Waals surface area contributed by atoms with E-state index in [9.17, 15) is 0 Å². The van der Waals surface area contributed by atoms with Crippen LogP contribution in [0.5, 0.6) is 5.75 Å². The van der Waals surface area contributed by atoms with Gasteiger partial charge in [-0.3, -0.25) is 4.68 Å². The fourth-order valence-corrected chi connectivity index (χ4v) is 3.18. The van der Waals surface area contributed by atoms with Gasteiger partial charge in [0, 0.05) is 26.3 Å². The molecule has 112 valence electrons. The summed E-state index contributed by atoms with van der Waals surface area (Å²) >= 11 is 0. The zero-order valence-electron chi connectivity index (χ0n) is 12.8. The van der Waals surface area contributed by atoms with Crippen LogP contribution in [0.4, 0.5) is 0 Å². The predicted octanol–water partition coefficient (Wildman–Crippen LogP) is 2.64. The summed E-state index contributed by atoms with van der Waals surface area (Å²) in [5.41, 5.74) is 4.16. The molecule has 2 aromatic rings. The van der Waals surface area contributed by atoms with Gasteiger partial charge in [-0.1, -0.05) is 6.07 Å². The summed E-state index contributed by atoms with van der Waals surface area (Å²) in [5.74, 6) is 1.57. The highest BCUT2D eigenvalue weighted by molar-refractivity contribution is 5.39. The molecule has 0 bridgehead atoms. The minimum atomic E-state index is 0.605. The Morgan fingerprint density at radius 1 is 1.38 bits per heavy atom. The third kappa shape index (κ3) is 3.10. The van der Waals surface area contributed by atoms with Gasteiger partial charge in [-0.05, 0) is 54.5 Å². The Hall–Kier alpha value is -1.81. The molecule has 0 amide bonds. The molecule has 0 fully saturated rings. The Labute approximate surface area is 126 Å². The lowest BCUT2D eigenvalue weighted by atomic mass is 9.82. The second-order valence-corrected chi connectivity index (χ2v) is 5.73. The number of methoxy groups -OCH3 is 1. The average Bonchev–Trinajstić information content (AvgIpc) is 2.92. The maximum absolute atomic E-state index is 5.33. The maximum atomic E-state index is 5.33. The van der Waals surface area contributed by atoms with Crippen LogP contribution in [0.1, 0.15) is 35.6 Å². The summed E-state index contributed by atoms with van der Waals surface area (Å²) in [6.45, 7) is 1.89. The minimum Gasteiger partial charge on any atom is -0.497 e. The van der Waals surface area contributed by atoms with Gasteiger partial charge in [0.2, 0.25) is 0 Å². The van der Waals surface area contributed by atoms with Gasteiger partial charge in [-0.25, -0.2) is 0 Å². The van der Waals surface area contributed by atoms with E-state index in [-0.39, 0.29) is 0 Å². The summed E-state index contributed by atoms with van der Waals surface area (Å²) in [7, 11) is 3.72. The van der Waals surface area contributed by atoms with Crippen LogP contribution in [-0.4, -0.2) is 23.4 Å². The van der Waals surface area contributed by atoms with Crippen molar-refractivity contribution in [3.05, 3.63) is 47.3 Å². The van der Waals surface area contributed by atoms with E-state index < -0.39 is 0 Å². The molecule has 0 saturated carbocycles. The van der Waals surface area contributed by atoms with Gasteiger partial charge in [0.05, 0.1) is 12.8 Å². The van der Waals surface area contributed by atoms with E-state index in [2.05, 4.69) is 34.7 Å². The average molecular weight is 285 g/mol. The second-order valence-electron chi connectivity index (χ2n) is 5.73. The molecule has 1 aromatic heterocycles. The molecule has 1 unspecified atom stereocenters. The van der Waals surface area contributed by atoms with Crippen LogP contribution in [0.15, 0.2) is 30.5 Å². The molecule has 1 aromatic carbocycles. The number of nitrogens with zero attached hydrogens (tertiary/aromatic N) is 2. The third-order valence-corrected chi connectivity index (χ3v) is 4.41. The standard InChI is InChI=1S/C17H23N3O/c1-20-15(8-9-19-20)12-18-11-14-5-3-4-13-10-16(21-2)6-7-17(13)14/h6-10,14,18H,3-5,11-12H2,1-2H3. The minimum absolute atomic E-state index is 0.605. The van der Waals surface area contributed by atoms with Crippen molar-refractivity contribution in [3.8, 4) is 5.75 Å². The normalized spacial score (nSPS) is 17.5. The molecule has 21 heavy (non-hydrogen) atoms.